The van der Waals surface area contributed by atoms with E-state index < -0.39 is 4.92 Å². The van der Waals surface area contributed by atoms with Gasteiger partial charge in [0.05, 0.1) is 18.1 Å². The number of amides is 1. The monoisotopic (exact) mass is 327 g/mol. The number of carbonyl (C=O) groups is 1. The summed E-state index contributed by atoms with van der Waals surface area (Å²) in [5.74, 6) is -0.262. The highest BCUT2D eigenvalue weighted by Gasteiger charge is 2.27. The summed E-state index contributed by atoms with van der Waals surface area (Å²) >= 11 is 0. The maximum Gasteiger partial charge on any atom is 0.292 e. The normalized spacial score (nSPS) is 17.5. The molecule has 2 aromatic rings. The van der Waals surface area contributed by atoms with Crippen molar-refractivity contribution in [2.24, 2.45) is 0 Å². The highest BCUT2D eigenvalue weighted by molar-refractivity contribution is 5.95. The van der Waals surface area contributed by atoms with Crippen LogP contribution in [0, 0.1) is 10.1 Å². The Labute approximate surface area is 138 Å². The van der Waals surface area contributed by atoms with Gasteiger partial charge in [-0.3, -0.25) is 14.9 Å². The van der Waals surface area contributed by atoms with E-state index in [4.69, 9.17) is 10.5 Å². The SMILES string of the molecule is Nc1ccc(C(=O)N2CCOC(c3ccccc3)C2)cc1[N+](=O)[O-]. The van der Waals surface area contributed by atoms with E-state index in [1.165, 1.54) is 18.2 Å². The van der Waals surface area contributed by atoms with E-state index in [-0.39, 0.29) is 28.9 Å². The number of nitro groups is 1. The van der Waals surface area contributed by atoms with E-state index in [1.54, 1.807) is 4.90 Å². The van der Waals surface area contributed by atoms with Gasteiger partial charge in [0.2, 0.25) is 0 Å². The molecule has 124 valence electrons. The molecule has 0 saturated carbocycles. The number of nitrogen functional groups attached to an aromatic ring is 1. The quantitative estimate of drug-likeness (QED) is 0.530. The van der Waals surface area contributed by atoms with Gasteiger partial charge in [0, 0.05) is 18.2 Å². The van der Waals surface area contributed by atoms with Crippen LogP contribution in [0.2, 0.25) is 0 Å². The second-order valence-electron chi connectivity index (χ2n) is 5.55. The number of rotatable bonds is 3. The summed E-state index contributed by atoms with van der Waals surface area (Å²) in [6, 6.07) is 13.8. The summed E-state index contributed by atoms with van der Waals surface area (Å²) in [6.07, 6.45) is -0.201. The van der Waals surface area contributed by atoms with Gasteiger partial charge in [0.1, 0.15) is 11.8 Å². The summed E-state index contributed by atoms with van der Waals surface area (Å²) in [4.78, 5) is 24.7. The first-order chi connectivity index (χ1) is 11.6. The minimum absolute atomic E-state index is 0.0423. The molecular formula is C17H17N3O4. The Morgan fingerprint density at radius 1 is 1.25 bits per heavy atom. The molecule has 1 unspecified atom stereocenters. The van der Waals surface area contributed by atoms with Crippen molar-refractivity contribution in [2.75, 3.05) is 25.4 Å². The lowest BCUT2D eigenvalue weighted by molar-refractivity contribution is -0.383. The van der Waals surface area contributed by atoms with Gasteiger partial charge in [-0.25, -0.2) is 0 Å². The highest BCUT2D eigenvalue weighted by Crippen LogP contribution is 2.26. The topological polar surface area (TPSA) is 98.7 Å². The number of hydrogen-bond acceptors (Lipinski definition) is 5. The van der Waals surface area contributed by atoms with Crippen molar-refractivity contribution in [1.82, 2.24) is 4.90 Å². The molecule has 0 bridgehead atoms. The first kappa shape index (κ1) is 15.9. The van der Waals surface area contributed by atoms with Crippen molar-refractivity contribution in [3.8, 4) is 0 Å². The second-order valence-corrected chi connectivity index (χ2v) is 5.55. The minimum Gasteiger partial charge on any atom is -0.393 e. The molecule has 0 spiro atoms. The van der Waals surface area contributed by atoms with E-state index in [1.807, 2.05) is 30.3 Å². The molecule has 1 atom stereocenters. The zero-order chi connectivity index (χ0) is 17.1. The molecule has 1 heterocycles. The first-order valence-electron chi connectivity index (χ1n) is 7.56. The maximum absolute atomic E-state index is 12.7. The molecule has 1 saturated heterocycles. The summed E-state index contributed by atoms with van der Waals surface area (Å²) in [5.41, 5.74) is 6.62. The van der Waals surface area contributed by atoms with Crippen molar-refractivity contribution in [3.63, 3.8) is 0 Å². The number of hydrogen-bond donors (Lipinski definition) is 1. The second kappa shape index (κ2) is 6.67. The minimum atomic E-state index is -0.585. The van der Waals surface area contributed by atoms with Crippen LogP contribution in [0.25, 0.3) is 0 Å². The van der Waals surface area contributed by atoms with E-state index >= 15 is 0 Å². The number of nitrogens with zero attached hydrogens (tertiary/aromatic N) is 2. The first-order valence-corrected chi connectivity index (χ1v) is 7.56. The lowest BCUT2D eigenvalue weighted by Gasteiger charge is -2.33. The molecule has 1 aliphatic heterocycles. The molecule has 2 N–H and O–H groups in total. The van der Waals surface area contributed by atoms with Crippen molar-refractivity contribution < 1.29 is 14.5 Å². The smallest absolute Gasteiger partial charge is 0.292 e. The number of anilines is 1. The highest BCUT2D eigenvalue weighted by atomic mass is 16.6. The van der Waals surface area contributed by atoms with Gasteiger partial charge < -0.3 is 15.4 Å². The molecule has 2 aromatic carbocycles. The average molecular weight is 327 g/mol. The Hall–Kier alpha value is -2.93. The summed E-state index contributed by atoms with van der Waals surface area (Å²) < 4.78 is 5.74. The molecule has 1 amide bonds. The van der Waals surface area contributed by atoms with Gasteiger partial charge in [0.25, 0.3) is 11.6 Å². The summed E-state index contributed by atoms with van der Waals surface area (Å²) in [7, 11) is 0. The van der Waals surface area contributed by atoms with Crippen molar-refractivity contribution in [1.29, 1.82) is 0 Å². The molecule has 0 aromatic heterocycles. The number of nitro benzene ring substituents is 1. The Kier molecular flexibility index (Phi) is 4.43. The number of benzene rings is 2. The predicted molar refractivity (Wildman–Crippen MR) is 88.5 cm³/mol. The molecule has 0 aliphatic carbocycles. The van der Waals surface area contributed by atoms with Gasteiger partial charge in [-0.1, -0.05) is 30.3 Å². The van der Waals surface area contributed by atoms with Crippen LogP contribution in [-0.2, 0) is 4.74 Å². The number of ether oxygens (including phenoxy) is 1. The Balaban J connectivity index is 1.80. The van der Waals surface area contributed by atoms with Gasteiger partial charge >= 0.3 is 0 Å². The van der Waals surface area contributed by atoms with Crippen molar-refractivity contribution in [2.45, 2.75) is 6.10 Å². The number of morpholine rings is 1. The summed E-state index contributed by atoms with van der Waals surface area (Å²) in [5, 5.41) is 11.0. The lowest BCUT2D eigenvalue weighted by atomic mass is 10.1. The third kappa shape index (κ3) is 3.21. The van der Waals surface area contributed by atoms with Crippen LogP contribution in [0.15, 0.2) is 48.5 Å². The molecule has 1 fully saturated rings. The van der Waals surface area contributed by atoms with Crippen LogP contribution in [-0.4, -0.2) is 35.4 Å². The fourth-order valence-electron chi connectivity index (χ4n) is 2.72. The molecule has 0 radical (unpaired) electrons. The van der Waals surface area contributed by atoms with E-state index in [0.717, 1.165) is 5.56 Å². The zero-order valence-corrected chi connectivity index (χ0v) is 12.9. The lowest BCUT2D eigenvalue weighted by Crippen LogP contribution is -2.42. The van der Waals surface area contributed by atoms with Crippen molar-refractivity contribution in [3.05, 3.63) is 69.8 Å². The number of carbonyl (C=O) groups excluding carboxylic acids is 1. The largest absolute Gasteiger partial charge is 0.393 e. The van der Waals surface area contributed by atoms with Crippen molar-refractivity contribution >= 4 is 17.3 Å². The van der Waals surface area contributed by atoms with Crippen LogP contribution >= 0.6 is 0 Å². The molecule has 1 aliphatic rings. The van der Waals surface area contributed by atoms with Gasteiger partial charge in [-0.15, -0.1) is 0 Å². The van der Waals surface area contributed by atoms with E-state index in [0.29, 0.717) is 19.7 Å². The maximum atomic E-state index is 12.7. The molecule has 3 rings (SSSR count). The van der Waals surface area contributed by atoms with Crippen LogP contribution in [0.5, 0.6) is 0 Å². The molecule has 7 nitrogen and oxygen atoms in total. The Morgan fingerprint density at radius 3 is 2.71 bits per heavy atom. The third-order valence-corrected chi connectivity index (χ3v) is 4.00. The Morgan fingerprint density at radius 2 is 2.00 bits per heavy atom. The number of nitrogens with two attached hydrogens (primary N) is 1. The van der Waals surface area contributed by atoms with Crippen LogP contribution in [0.4, 0.5) is 11.4 Å². The van der Waals surface area contributed by atoms with Crippen LogP contribution in [0.1, 0.15) is 22.0 Å². The third-order valence-electron chi connectivity index (χ3n) is 4.00. The predicted octanol–water partition coefficient (Wildman–Crippen LogP) is 2.39. The Bertz CT molecular complexity index is 764. The molecule has 24 heavy (non-hydrogen) atoms. The summed E-state index contributed by atoms with van der Waals surface area (Å²) in [6.45, 7) is 1.27. The van der Waals surface area contributed by atoms with E-state index in [9.17, 15) is 14.9 Å². The molecule has 7 heteroatoms. The average Bonchev–Trinajstić information content (AvgIpc) is 2.62. The van der Waals surface area contributed by atoms with Gasteiger partial charge in [0.15, 0.2) is 0 Å². The fourth-order valence-corrected chi connectivity index (χ4v) is 2.72. The zero-order valence-electron chi connectivity index (χ0n) is 12.9. The van der Waals surface area contributed by atoms with Crippen LogP contribution in [0.3, 0.4) is 0 Å². The van der Waals surface area contributed by atoms with Crippen LogP contribution < -0.4 is 5.73 Å². The standard InChI is InChI=1S/C17H17N3O4/c18-14-7-6-13(10-15(14)20(22)23)17(21)19-8-9-24-16(11-19)12-4-2-1-3-5-12/h1-7,10,16H,8-9,11,18H2. The fraction of sp³-hybridized carbons (Fsp3) is 0.235. The van der Waals surface area contributed by atoms with Gasteiger partial charge in [-0.2, -0.15) is 0 Å². The molecular weight excluding hydrogens is 310 g/mol. The van der Waals surface area contributed by atoms with E-state index in [2.05, 4.69) is 0 Å². The van der Waals surface area contributed by atoms with Gasteiger partial charge in [-0.05, 0) is 17.7 Å².